The minimum absolute atomic E-state index is 0.265. The molecule has 19 heavy (non-hydrogen) atoms. The number of carbonyl (C=O) groups excluding carboxylic acids is 1. The Bertz CT molecular complexity index is 455. The van der Waals surface area contributed by atoms with Crippen LogP contribution in [0.3, 0.4) is 0 Å². The van der Waals surface area contributed by atoms with Gasteiger partial charge in [-0.2, -0.15) is 0 Å². The minimum Gasteiger partial charge on any atom is -0.493 e. The number of hydrogen-bond donors (Lipinski definition) is 0. The summed E-state index contributed by atoms with van der Waals surface area (Å²) >= 11 is 0. The number of ether oxygens (including phenoxy) is 1. The summed E-state index contributed by atoms with van der Waals surface area (Å²) in [5.74, 6) is 1.18. The first kappa shape index (κ1) is 14.1. The van der Waals surface area contributed by atoms with Gasteiger partial charge in [-0.05, 0) is 37.2 Å². The lowest BCUT2D eigenvalue weighted by Gasteiger charge is -2.20. The quantitative estimate of drug-likeness (QED) is 0.749. The fourth-order valence-electron chi connectivity index (χ4n) is 2.56. The lowest BCUT2D eigenvalue weighted by atomic mass is 9.90. The summed E-state index contributed by atoms with van der Waals surface area (Å²) in [6, 6.07) is 5.86. The van der Waals surface area contributed by atoms with Crippen molar-refractivity contribution in [3.05, 3.63) is 29.3 Å². The number of carbonyl (C=O) groups is 1. The molecule has 0 amide bonds. The van der Waals surface area contributed by atoms with Crippen molar-refractivity contribution in [3.8, 4) is 5.75 Å². The van der Waals surface area contributed by atoms with Gasteiger partial charge in [0.2, 0.25) is 0 Å². The van der Waals surface area contributed by atoms with Crippen LogP contribution in [0.25, 0.3) is 0 Å². The van der Waals surface area contributed by atoms with Gasteiger partial charge in [0.25, 0.3) is 0 Å². The molecule has 0 radical (unpaired) electrons. The van der Waals surface area contributed by atoms with Gasteiger partial charge < -0.3 is 4.74 Å². The lowest BCUT2D eigenvalue weighted by molar-refractivity contribution is 0.0971. The van der Waals surface area contributed by atoms with Gasteiger partial charge in [-0.1, -0.05) is 32.9 Å². The molecule has 0 N–H and O–H groups in total. The topological polar surface area (TPSA) is 26.3 Å². The average Bonchev–Trinajstić information content (AvgIpc) is 2.34. The number of fused-ring (bicyclic) bond motifs is 1. The van der Waals surface area contributed by atoms with Crippen LogP contribution in [-0.2, 0) is 6.42 Å². The molecule has 0 aliphatic heterocycles. The van der Waals surface area contributed by atoms with Crippen molar-refractivity contribution < 1.29 is 9.53 Å². The van der Waals surface area contributed by atoms with Gasteiger partial charge in [-0.25, -0.2) is 0 Å². The Morgan fingerprint density at radius 2 is 2.00 bits per heavy atom. The highest BCUT2D eigenvalue weighted by Gasteiger charge is 2.20. The first-order chi connectivity index (χ1) is 8.97. The van der Waals surface area contributed by atoms with Crippen molar-refractivity contribution in [1.29, 1.82) is 0 Å². The Morgan fingerprint density at radius 1 is 1.21 bits per heavy atom. The van der Waals surface area contributed by atoms with Crippen molar-refractivity contribution in [3.63, 3.8) is 0 Å². The molecule has 0 saturated carbocycles. The number of hydrogen-bond acceptors (Lipinski definition) is 2. The second-order valence-corrected chi connectivity index (χ2v) is 6.57. The maximum Gasteiger partial charge on any atom is 0.163 e. The Balaban J connectivity index is 1.98. The molecule has 1 aromatic rings. The van der Waals surface area contributed by atoms with E-state index in [2.05, 4.69) is 20.8 Å². The average molecular weight is 260 g/mol. The minimum atomic E-state index is 0.265. The van der Waals surface area contributed by atoms with Crippen LogP contribution < -0.4 is 4.74 Å². The summed E-state index contributed by atoms with van der Waals surface area (Å²) in [5.41, 5.74) is 2.35. The van der Waals surface area contributed by atoms with Gasteiger partial charge >= 0.3 is 0 Å². The molecule has 2 rings (SSSR count). The summed E-state index contributed by atoms with van der Waals surface area (Å²) in [4.78, 5) is 11.8. The second-order valence-electron chi connectivity index (χ2n) is 6.57. The van der Waals surface area contributed by atoms with Gasteiger partial charge in [-0.3, -0.25) is 4.79 Å². The monoisotopic (exact) mass is 260 g/mol. The summed E-state index contributed by atoms with van der Waals surface area (Å²) in [5, 5.41) is 0. The smallest absolute Gasteiger partial charge is 0.163 e. The predicted octanol–water partition coefficient (Wildman–Crippen LogP) is 4.41. The molecule has 0 spiro atoms. The highest BCUT2D eigenvalue weighted by atomic mass is 16.5. The molecule has 0 bridgehead atoms. The zero-order valence-electron chi connectivity index (χ0n) is 12.3. The first-order valence-electron chi connectivity index (χ1n) is 7.25. The molecule has 0 unspecified atom stereocenters. The summed E-state index contributed by atoms with van der Waals surface area (Å²) in [6.45, 7) is 7.48. The number of ketones is 1. The summed E-state index contributed by atoms with van der Waals surface area (Å²) in [6.07, 6.45) is 4.81. The predicted molar refractivity (Wildman–Crippen MR) is 77.9 cm³/mol. The molecule has 0 fully saturated rings. The van der Waals surface area contributed by atoms with E-state index in [9.17, 15) is 4.79 Å². The van der Waals surface area contributed by atoms with E-state index < -0.39 is 0 Å². The van der Waals surface area contributed by atoms with E-state index in [4.69, 9.17) is 4.74 Å². The van der Waals surface area contributed by atoms with Crippen molar-refractivity contribution in [2.24, 2.45) is 5.41 Å². The van der Waals surface area contributed by atoms with Crippen molar-refractivity contribution in [2.45, 2.75) is 52.9 Å². The molecule has 1 aliphatic carbocycles. The molecule has 0 aromatic heterocycles. The SMILES string of the molecule is CC(C)(C)CCCOc1cccc2c1CCCC2=O. The highest BCUT2D eigenvalue weighted by Crippen LogP contribution is 2.30. The fourth-order valence-corrected chi connectivity index (χ4v) is 2.56. The number of Topliss-reactive ketones (excluding diaryl/α,β-unsaturated/α-hetero) is 1. The molecule has 1 aliphatic rings. The van der Waals surface area contributed by atoms with Crippen LogP contribution in [0.2, 0.25) is 0 Å². The van der Waals surface area contributed by atoms with E-state index >= 15 is 0 Å². The van der Waals surface area contributed by atoms with E-state index in [0.29, 0.717) is 11.8 Å². The summed E-state index contributed by atoms with van der Waals surface area (Å²) < 4.78 is 5.90. The molecule has 0 heterocycles. The molecular weight excluding hydrogens is 236 g/mol. The Morgan fingerprint density at radius 3 is 2.74 bits per heavy atom. The maximum atomic E-state index is 11.8. The van der Waals surface area contributed by atoms with E-state index in [1.54, 1.807) is 0 Å². The van der Waals surface area contributed by atoms with Gasteiger partial charge in [0.05, 0.1) is 6.61 Å². The van der Waals surface area contributed by atoms with E-state index in [0.717, 1.165) is 49.2 Å². The zero-order chi connectivity index (χ0) is 13.9. The van der Waals surface area contributed by atoms with Gasteiger partial charge in [0.15, 0.2) is 5.78 Å². The van der Waals surface area contributed by atoms with Crippen LogP contribution in [-0.4, -0.2) is 12.4 Å². The van der Waals surface area contributed by atoms with Gasteiger partial charge in [0.1, 0.15) is 5.75 Å². The van der Waals surface area contributed by atoms with E-state index in [1.165, 1.54) is 0 Å². The molecule has 104 valence electrons. The molecule has 2 nitrogen and oxygen atoms in total. The van der Waals surface area contributed by atoms with Crippen molar-refractivity contribution in [2.75, 3.05) is 6.61 Å². The third-order valence-electron chi connectivity index (χ3n) is 3.59. The van der Waals surface area contributed by atoms with Crippen molar-refractivity contribution >= 4 is 5.78 Å². The Hall–Kier alpha value is -1.31. The molecule has 0 saturated heterocycles. The van der Waals surface area contributed by atoms with Gasteiger partial charge in [-0.15, -0.1) is 0 Å². The van der Waals surface area contributed by atoms with Crippen LogP contribution >= 0.6 is 0 Å². The second kappa shape index (κ2) is 5.77. The van der Waals surface area contributed by atoms with Crippen LogP contribution in [0.5, 0.6) is 5.75 Å². The first-order valence-corrected chi connectivity index (χ1v) is 7.25. The van der Waals surface area contributed by atoms with Crippen LogP contribution in [0.4, 0.5) is 0 Å². The number of benzene rings is 1. The zero-order valence-corrected chi connectivity index (χ0v) is 12.3. The van der Waals surface area contributed by atoms with Crippen LogP contribution in [0, 0.1) is 5.41 Å². The third-order valence-corrected chi connectivity index (χ3v) is 3.59. The van der Waals surface area contributed by atoms with E-state index in [1.807, 2.05) is 18.2 Å². The van der Waals surface area contributed by atoms with Crippen LogP contribution in [0.15, 0.2) is 18.2 Å². The lowest BCUT2D eigenvalue weighted by Crippen LogP contribution is -2.13. The highest BCUT2D eigenvalue weighted by molar-refractivity contribution is 5.99. The standard InChI is InChI=1S/C17H24O2/c1-17(2,3)11-6-12-19-16-10-5-7-13-14(16)8-4-9-15(13)18/h5,7,10H,4,6,8-9,11-12H2,1-3H3. The molecule has 0 atom stereocenters. The number of rotatable bonds is 4. The van der Waals surface area contributed by atoms with Gasteiger partial charge in [0, 0.05) is 17.5 Å². The van der Waals surface area contributed by atoms with Crippen LogP contribution in [0.1, 0.15) is 62.4 Å². The third kappa shape index (κ3) is 3.82. The summed E-state index contributed by atoms with van der Waals surface area (Å²) in [7, 11) is 0. The fraction of sp³-hybridized carbons (Fsp3) is 0.588. The Kier molecular flexibility index (Phi) is 4.28. The molecule has 2 heteroatoms. The Labute approximate surface area is 116 Å². The van der Waals surface area contributed by atoms with E-state index in [-0.39, 0.29) is 5.78 Å². The normalized spacial score (nSPS) is 15.2. The van der Waals surface area contributed by atoms with Crippen molar-refractivity contribution in [1.82, 2.24) is 0 Å². The molecule has 1 aromatic carbocycles. The maximum absolute atomic E-state index is 11.8. The molecular formula is C17H24O2. The largest absolute Gasteiger partial charge is 0.493 e.